The summed E-state index contributed by atoms with van der Waals surface area (Å²) in [5.41, 5.74) is 1.36. The molecule has 70 valence electrons. The van der Waals surface area contributed by atoms with Gasteiger partial charge in [-0.3, -0.25) is 0 Å². The van der Waals surface area contributed by atoms with Gasteiger partial charge in [0.15, 0.2) is 0 Å². The van der Waals surface area contributed by atoms with Gasteiger partial charge < -0.3 is 5.11 Å². The van der Waals surface area contributed by atoms with Crippen molar-refractivity contribution in [3.8, 4) is 0 Å². The molecule has 0 atom stereocenters. The summed E-state index contributed by atoms with van der Waals surface area (Å²) in [5.74, 6) is 0. The third-order valence-electron chi connectivity index (χ3n) is 2.14. The molecule has 0 amide bonds. The van der Waals surface area contributed by atoms with E-state index in [1.807, 2.05) is 0 Å². The van der Waals surface area contributed by atoms with Crippen LogP contribution in [0.15, 0.2) is 18.2 Å². The lowest BCUT2D eigenvalue weighted by molar-refractivity contribution is 0.399. The standard InChI is InChI=1S/C11H12.CH4O/c1-9-6-7-10-4-2-3-5-11(10)8-9;1-2/h4-8H,2-3H2,1H3;2H,1H3. The average molecular weight is 176 g/mol. The maximum absolute atomic E-state index is 7.00. The van der Waals surface area contributed by atoms with Gasteiger partial charge in [-0.15, -0.1) is 0 Å². The van der Waals surface area contributed by atoms with Gasteiger partial charge in [-0.2, -0.15) is 0 Å². The van der Waals surface area contributed by atoms with E-state index in [0.29, 0.717) is 0 Å². The van der Waals surface area contributed by atoms with Crippen LogP contribution in [0.1, 0.15) is 18.4 Å². The normalized spacial score (nSPS) is 12.8. The highest BCUT2D eigenvalue weighted by Crippen LogP contribution is 1.96. The molecule has 0 saturated carbocycles. The molecule has 1 aromatic carbocycles. The van der Waals surface area contributed by atoms with Gasteiger partial charge in [0.2, 0.25) is 0 Å². The quantitative estimate of drug-likeness (QED) is 0.624. The van der Waals surface area contributed by atoms with E-state index in [1.54, 1.807) is 0 Å². The van der Waals surface area contributed by atoms with E-state index in [1.165, 1.54) is 28.8 Å². The number of aliphatic hydroxyl groups is 1. The van der Waals surface area contributed by atoms with E-state index >= 15 is 0 Å². The molecule has 0 aromatic heterocycles. The predicted octanol–water partition coefficient (Wildman–Crippen LogP) is 0.958. The summed E-state index contributed by atoms with van der Waals surface area (Å²) in [5, 5.41) is 9.82. The first kappa shape index (κ1) is 10.0. The van der Waals surface area contributed by atoms with Crippen LogP contribution >= 0.6 is 0 Å². The van der Waals surface area contributed by atoms with Crippen LogP contribution in [0, 0.1) is 6.92 Å². The highest BCUT2D eigenvalue weighted by Gasteiger charge is 1.91. The summed E-state index contributed by atoms with van der Waals surface area (Å²) in [6.45, 7) is 2.14. The fourth-order valence-corrected chi connectivity index (χ4v) is 1.53. The second kappa shape index (κ2) is 4.83. The molecule has 0 saturated heterocycles. The van der Waals surface area contributed by atoms with Gasteiger partial charge in [-0.1, -0.05) is 35.9 Å². The second-order valence-electron chi connectivity index (χ2n) is 3.12. The summed E-state index contributed by atoms with van der Waals surface area (Å²) in [4.78, 5) is 0. The largest absolute Gasteiger partial charge is 0.400 e. The first-order chi connectivity index (χ1) is 6.36. The molecular formula is C12H16O. The molecular weight excluding hydrogens is 160 g/mol. The zero-order valence-corrected chi connectivity index (χ0v) is 8.25. The highest BCUT2D eigenvalue weighted by atomic mass is 16.2. The minimum atomic E-state index is 1.00. The van der Waals surface area contributed by atoms with Crippen molar-refractivity contribution in [3.05, 3.63) is 34.2 Å². The maximum Gasteiger partial charge on any atom is 0.0319 e. The molecule has 0 aliphatic heterocycles. The van der Waals surface area contributed by atoms with E-state index in [0.717, 1.165) is 7.11 Å². The summed E-state index contributed by atoms with van der Waals surface area (Å²) < 4.78 is 0. The van der Waals surface area contributed by atoms with Crippen LogP contribution in [0.5, 0.6) is 0 Å². The minimum Gasteiger partial charge on any atom is -0.400 e. The highest BCUT2D eigenvalue weighted by molar-refractivity contribution is 5.39. The van der Waals surface area contributed by atoms with Gasteiger partial charge in [0.25, 0.3) is 0 Å². The zero-order valence-electron chi connectivity index (χ0n) is 8.25. The molecule has 0 spiro atoms. The van der Waals surface area contributed by atoms with Gasteiger partial charge in [-0.25, -0.2) is 0 Å². The number of rotatable bonds is 0. The van der Waals surface area contributed by atoms with Crippen molar-refractivity contribution in [2.75, 3.05) is 7.11 Å². The lowest BCUT2D eigenvalue weighted by Crippen LogP contribution is -2.26. The molecule has 0 heterocycles. The van der Waals surface area contributed by atoms with Crippen molar-refractivity contribution in [2.24, 2.45) is 0 Å². The summed E-state index contributed by atoms with van der Waals surface area (Å²) in [6.07, 6.45) is 7.05. The summed E-state index contributed by atoms with van der Waals surface area (Å²) in [6, 6.07) is 6.64. The molecule has 1 N–H and O–H groups in total. The number of aryl methyl sites for hydroxylation is 1. The van der Waals surface area contributed by atoms with Crippen LogP contribution in [0.4, 0.5) is 0 Å². The van der Waals surface area contributed by atoms with Crippen molar-refractivity contribution in [1.82, 2.24) is 0 Å². The molecule has 1 aliphatic carbocycles. The molecule has 0 radical (unpaired) electrons. The van der Waals surface area contributed by atoms with E-state index in [4.69, 9.17) is 5.11 Å². The first-order valence-corrected chi connectivity index (χ1v) is 4.58. The Morgan fingerprint density at radius 3 is 2.31 bits per heavy atom. The Bertz CT molecular complexity index is 377. The average Bonchev–Trinajstić information content (AvgIpc) is 2.21. The minimum absolute atomic E-state index is 1.00. The lowest BCUT2D eigenvalue weighted by atomic mass is 10.1. The van der Waals surface area contributed by atoms with E-state index in [2.05, 4.69) is 37.3 Å². The van der Waals surface area contributed by atoms with E-state index in [-0.39, 0.29) is 0 Å². The second-order valence-corrected chi connectivity index (χ2v) is 3.12. The van der Waals surface area contributed by atoms with Gasteiger partial charge in [-0.05, 0) is 30.2 Å². The Morgan fingerprint density at radius 1 is 1.00 bits per heavy atom. The monoisotopic (exact) mass is 176 g/mol. The van der Waals surface area contributed by atoms with Crippen LogP contribution < -0.4 is 10.4 Å². The Balaban J connectivity index is 0.000000396. The lowest BCUT2D eigenvalue weighted by Gasteiger charge is -1.99. The van der Waals surface area contributed by atoms with Gasteiger partial charge in [0.05, 0.1) is 0 Å². The van der Waals surface area contributed by atoms with Gasteiger partial charge in [0.1, 0.15) is 0 Å². The maximum atomic E-state index is 7.00. The third-order valence-corrected chi connectivity index (χ3v) is 2.14. The van der Waals surface area contributed by atoms with E-state index in [9.17, 15) is 0 Å². The molecule has 1 aromatic rings. The molecule has 0 unspecified atom stereocenters. The fraction of sp³-hybridized carbons (Fsp3) is 0.333. The predicted molar refractivity (Wildman–Crippen MR) is 56.7 cm³/mol. The van der Waals surface area contributed by atoms with Crippen LogP contribution in [-0.4, -0.2) is 12.2 Å². The first-order valence-electron chi connectivity index (χ1n) is 4.58. The Kier molecular flexibility index (Phi) is 3.71. The number of aliphatic hydroxyl groups excluding tert-OH is 1. The summed E-state index contributed by atoms with van der Waals surface area (Å²) in [7, 11) is 1.00. The number of fused-ring (bicyclic) bond motifs is 1. The van der Waals surface area contributed by atoms with Crippen molar-refractivity contribution in [2.45, 2.75) is 19.8 Å². The van der Waals surface area contributed by atoms with Gasteiger partial charge in [0, 0.05) is 7.11 Å². The number of benzene rings is 1. The Hall–Kier alpha value is -1.08. The third kappa shape index (κ3) is 2.43. The smallest absolute Gasteiger partial charge is 0.0319 e. The van der Waals surface area contributed by atoms with Crippen LogP contribution in [0.25, 0.3) is 12.2 Å². The van der Waals surface area contributed by atoms with Crippen molar-refractivity contribution in [3.63, 3.8) is 0 Å². The molecule has 1 nitrogen and oxygen atoms in total. The van der Waals surface area contributed by atoms with E-state index < -0.39 is 0 Å². The summed E-state index contributed by atoms with van der Waals surface area (Å²) >= 11 is 0. The molecule has 13 heavy (non-hydrogen) atoms. The molecule has 1 heteroatoms. The number of hydrogen-bond acceptors (Lipinski definition) is 1. The Labute approximate surface area is 79.0 Å². The van der Waals surface area contributed by atoms with Gasteiger partial charge >= 0.3 is 0 Å². The topological polar surface area (TPSA) is 20.2 Å². The van der Waals surface area contributed by atoms with Crippen molar-refractivity contribution in [1.29, 1.82) is 0 Å². The molecule has 0 fully saturated rings. The van der Waals surface area contributed by atoms with Crippen LogP contribution in [-0.2, 0) is 0 Å². The number of hydrogen-bond donors (Lipinski definition) is 1. The van der Waals surface area contributed by atoms with Crippen LogP contribution in [0.2, 0.25) is 0 Å². The SMILES string of the molecule is CO.Cc1ccc2c(c1)=CCCC=2. The Morgan fingerprint density at radius 2 is 1.62 bits per heavy atom. The van der Waals surface area contributed by atoms with Crippen LogP contribution in [0.3, 0.4) is 0 Å². The molecule has 2 rings (SSSR count). The zero-order chi connectivity index (χ0) is 9.68. The van der Waals surface area contributed by atoms with Crippen molar-refractivity contribution < 1.29 is 5.11 Å². The van der Waals surface area contributed by atoms with Crippen molar-refractivity contribution >= 4 is 12.2 Å². The molecule has 0 bridgehead atoms. The molecule has 1 aliphatic rings. The fourth-order valence-electron chi connectivity index (χ4n) is 1.53.